The van der Waals surface area contributed by atoms with Crippen LogP contribution in [-0.2, 0) is 0 Å². The van der Waals surface area contributed by atoms with Gasteiger partial charge in [-0.25, -0.2) is 0 Å². The number of anilines is 2. The summed E-state index contributed by atoms with van der Waals surface area (Å²) in [6, 6.07) is 5.43. The third-order valence-corrected chi connectivity index (χ3v) is 4.54. The minimum Gasteiger partial charge on any atom is -0.397 e. The molecule has 0 aromatic heterocycles. The van der Waals surface area contributed by atoms with Crippen LogP contribution < -0.4 is 10.6 Å². The van der Waals surface area contributed by atoms with Crippen LogP contribution in [0.15, 0.2) is 18.2 Å². The number of fused-ring (bicyclic) bond motifs is 1. The maximum absolute atomic E-state index is 10.8. The summed E-state index contributed by atoms with van der Waals surface area (Å²) in [6.07, 6.45) is 6.38. The van der Waals surface area contributed by atoms with Crippen molar-refractivity contribution in [3.8, 4) is 0 Å². The number of benzene rings is 1. The third-order valence-electron chi connectivity index (χ3n) is 4.54. The van der Waals surface area contributed by atoms with E-state index in [2.05, 4.69) is 4.90 Å². The topological polar surface area (TPSA) is 72.4 Å². The molecule has 2 aliphatic rings. The van der Waals surface area contributed by atoms with Crippen molar-refractivity contribution >= 4 is 17.1 Å². The van der Waals surface area contributed by atoms with Gasteiger partial charge in [-0.2, -0.15) is 0 Å². The molecule has 2 N–H and O–H groups in total. The highest BCUT2D eigenvalue weighted by atomic mass is 16.6. The molecule has 1 heterocycles. The number of hydrogen-bond acceptors (Lipinski definition) is 4. The summed E-state index contributed by atoms with van der Waals surface area (Å²) in [4.78, 5) is 12.7. The van der Waals surface area contributed by atoms with E-state index in [0.717, 1.165) is 18.2 Å². The first-order chi connectivity index (χ1) is 9.16. The van der Waals surface area contributed by atoms with Crippen molar-refractivity contribution in [1.29, 1.82) is 0 Å². The Morgan fingerprint density at radius 1 is 1.26 bits per heavy atom. The molecule has 19 heavy (non-hydrogen) atoms. The first-order valence-electron chi connectivity index (χ1n) is 6.97. The lowest BCUT2D eigenvalue weighted by Gasteiger charge is -2.33. The largest absolute Gasteiger partial charge is 0.397 e. The summed E-state index contributed by atoms with van der Waals surface area (Å²) in [5.74, 6) is 0.781. The number of nitrogens with zero attached hydrogens (tertiary/aromatic N) is 2. The van der Waals surface area contributed by atoms with Crippen LogP contribution in [0.25, 0.3) is 0 Å². The van der Waals surface area contributed by atoms with Crippen LogP contribution in [-0.4, -0.2) is 17.5 Å². The van der Waals surface area contributed by atoms with Crippen LogP contribution in [0.1, 0.15) is 32.1 Å². The van der Waals surface area contributed by atoms with Gasteiger partial charge in [-0.05, 0) is 31.2 Å². The van der Waals surface area contributed by atoms with E-state index in [4.69, 9.17) is 5.73 Å². The SMILES string of the molecule is Nc1cc([N+](=O)[O-])ccc1N1CCC2CCCCC21. The molecule has 5 heteroatoms. The predicted octanol–water partition coefficient (Wildman–Crippen LogP) is 2.95. The Morgan fingerprint density at radius 2 is 2.05 bits per heavy atom. The van der Waals surface area contributed by atoms with Crippen molar-refractivity contribution in [2.75, 3.05) is 17.2 Å². The molecule has 0 radical (unpaired) electrons. The lowest BCUT2D eigenvalue weighted by atomic mass is 9.85. The van der Waals surface area contributed by atoms with E-state index in [9.17, 15) is 10.1 Å². The van der Waals surface area contributed by atoms with Crippen LogP contribution >= 0.6 is 0 Å². The highest BCUT2D eigenvalue weighted by molar-refractivity contribution is 5.71. The van der Waals surface area contributed by atoms with Crippen molar-refractivity contribution in [2.45, 2.75) is 38.1 Å². The van der Waals surface area contributed by atoms with Crippen LogP contribution in [0.4, 0.5) is 17.1 Å². The molecule has 1 aromatic rings. The predicted molar refractivity (Wildman–Crippen MR) is 75.2 cm³/mol. The summed E-state index contributed by atoms with van der Waals surface area (Å²) in [5.41, 5.74) is 7.59. The molecule has 5 nitrogen and oxygen atoms in total. The van der Waals surface area contributed by atoms with Crippen molar-refractivity contribution in [3.05, 3.63) is 28.3 Å². The molecular formula is C14H19N3O2. The molecule has 0 bridgehead atoms. The monoisotopic (exact) mass is 261 g/mol. The number of nitrogen functional groups attached to an aromatic ring is 1. The number of nitro benzene ring substituents is 1. The van der Waals surface area contributed by atoms with Crippen molar-refractivity contribution in [3.63, 3.8) is 0 Å². The van der Waals surface area contributed by atoms with E-state index < -0.39 is 4.92 Å². The first-order valence-corrected chi connectivity index (χ1v) is 6.97. The highest BCUT2D eigenvalue weighted by Gasteiger charge is 2.36. The van der Waals surface area contributed by atoms with Crippen LogP contribution in [0.3, 0.4) is 0 Å². The van der Waals surface area contributed by atoms with E-state index in [1.165, 1.54) is 38.2 Å². The van der Waals surface area contributed by atoms with Gasteiger partial charge in [0.15, 0.2) is 0 Å². The molecule has 102 valence electrons. The maximum Gasteiger partial charge on any atom is 0.271 e. The smallest absolute Gasteiger partial charge is 0.271 e. The van der Waals surface area contributed by atoms with Crippen LogP contribution in [0.2, 0.25) is 0 Å². The second-order valence-electron chi connectivity index (χ2n) is 5.59. The second kappa shape index (κ2) is 4.72. The number of nitro groups is 1. The highest BCUT2D eigenvalue weighted by Crippen LogP contribution is 2.41. The van der Waals surface area contributed by atoms with Gasteiger partial charge in [0.05, 0.1) is 16.3 Å². The van der Waals surface area contributed by atoms with Gasteiger partial charge in [0.2, 0.25) is 0 Å². The summed E-state index contributed by atoms with van der Waals surface area (Å²) < 4.78 is 0. The molecule has 1 aliphatic carbocycles. The van der Waals surface area contributed by atoms with Gasteiger partial charge in [-0.1, -0.05) is 12.8 Å². The standard InChI is InChI=1S/C14H19N3O2/c15-12-9-11(17(18)19)5-6-14(12)16-8-7-10-3-1-2-4-13(10)16/h5-6,9-10,13H,1-4,7-8,15H2. The normalized spacial score (nSPS) is 26.2. The molecule has 0 amide bonds. The van der Waals surface area contributed by atoms with E-state index in [0.29, 0.717) is 11.7 Å². The Balaban J connectivity index is 1.88. The number of rotatable bonds is 2. The molecule has 1 saturated carbocycles. The number of hydrogen-bond donors (Lipinski definition) is 1. The second-order valence-corrected chi connectivity index (χ2v) is 5.59. The Kier molecular flexibility index (Phi) is 3.05. The molecule has 1 saturated heterocycles. The minimum absolute atomic E-state index is 0.0700. The van der Waals surface area contributed by atoms with Crippen LogP contribution in [0.5, 0.6) is 0 Å². The van der Waals surface area contributed by atoms with Gasteiger partial charge >= 0.3 is 0 Å². The lowest BCUT2D eigenvalue weighted by Crippen LogP contribution is -2.35. The zero-order chi connectivity index (χ0) is 13.4. The Labute approximate surface area is 112 Å². The number of non-ortho nitro benzene ring substituents is 1. The first kappa shape index (κ1) is 12.3. The average Bonchev–Trinajstić information content (AvgIpc) is 2.82. The van der Waals surface area contributed by atoms with E-state index in [1.807, 2.05) is 6.07 Å². The molecule has 0 spiro atoms. The number of nitrogens with two attached hydrogens (primary N) is 1. The molecular weight excluding hydrogens is 242 g/mol. The third kappa shape index (κ3) is 2.13. The zero-order valence-electron chi connectivity index (χ0n) is 10.9. The van der Waals surface area contributed by atoms with Crippen LogP contribution in [0, 0.1) is 16.0 Å². The Hall–Kier alpha value is -1.78. The van der Waals surface area contributed by atoms with Gasteiger partial charge in [0, 0.05) is 24.7 Å². The maximum atomic E-state index is 10.8. The Bertz CT molecular complexity index is 503. The van der Waals surface area contributed by atoms with Gasteiger partial charge in [0.25, 0.3) is 5.69 Å². The fourth-order valence-electron chi connectivity index (χ4n) is 3.62. The summed E-state index contributed by atoms with van der Waals surface area (Å²) in [7, 11) is 0. The Morgan fingerprint density at radius 3 is 2.79 bits per heavy atom. The summed E-state index contributed by atoms with van der Waals surface area (Å²) in [6.45, 7) is 1.03. The van der Waals surface area contributed by atoms with E-state index in [1.54, 1.807) is 6.07 Å². The van der Waals surface area contributed by atoms with Crippen molar-refractivity contribution in [2.24, 2.45) is 5.92 Å². The quantitative estimate of drug-likeness (QED) is 0.504. The fourth-order valence-corrected chi connectivity index (χ4v) is 3.62. The zero-order valence-corrected chi connectivity index (χ0v) is 10.9. The minimum atomic E-state index is -0.395. The van der Waals surface area contributed by atoms with Gasteiger partial charge in [0.1, 0.15) is 0 Å². The van der Waals surface area contributed by atoms with Gasteiger partial charge < -0.3 is 10.6 Å². The summed E-state index contributed by atoms with van der Waals surface area (Å²) >= 11 is 0. The molecule has 3 rings (SSSR count). The molecule has 1 aromatic carbocycles. The van der Waals surface area contributed by atoms with Gasteiger partial charge in [-0.3, -0.25) is 10.1 Å². The van der Waals surface area contributed by atoms with Gasteiger partial charge in [-0.15, -0.1) is 0 Å². The molecule has 2 fully saturated rings. The molecule has 1 aliphatic heterocycles. The molecule has 2 atom stereocenters. The average molecular weight is 261 g/mol. The fraction of sp³-hybridized carbons (Fsp3) is 0.571. The van der Waals surface area contributed by atoms with Crippen molar-refractivity contribution < 1.29 is 4.92 Å². The van der Waals surface area contributed by atoms with E-state index in [-0.39, 0.29) is 5.69 Å². The summed E-state index contributed by atoms with van der Waals surface area (Å²) in [5, 5.41) is 10.8. The van der Waals surface area contributed by atoms with E-state index >= 15 is 0 Å². The van der Waals surface area contributed by atoms with Crippen molar-refractivity contribution in [1.82, 2.24) is 0 Å². The molecule has 2 unspecified atom stereocenters. The lowest BCUT2D eigenvalue weighted by molar-refractivity contribution is -0.384.